The number of nitrogens with one attached hydrogen (secondary N) is 1. The lowest BCUT2D eigenvalue weighted by Crippen LogP contribution is -2.68. The molecule has 2 heterocycles. The highest BCUT2D eigenvalue weighted by Crippen LogP contribution is 2.38. The van der Waals surface area contributed by atoms with Gasteiger partial charge in [0.15, 0.2) is 6.29 Å². The van der Waals surface area contributed by atoms with Crippen LogP contribution in [0, 0.1) is 0 Å². The Morgan fingerprint density at radius 2 is 1.79 bits per heavy atom. The molecule has 6 unspecified atom stereocenters. The van der Waals surface area contributed by atoms with E-state index in [1.54, 1.807) is 24.3 Å². The van der Waals surface area contributed by atoms with Crippen molar-refractivity contribution in [3.05, 3.63) is 59.7 Å². The Morgan fingerprint density at radius 1 is 1.05 bits per heavy atom. The number of methoxy groups -OCH3 is 2. The summed E-state index contributed by atoms with van der Waals surface area (Å²) in [7, 11) is 2.81. The first-order valence-electron chi connectivity index (χ1n) is 11.8. The molecule has 1 amide bonds. The van der Waals surface area contributed by atoms with Gasteiger partial charge >= 0.3 is 11.9 Å². The Labute approximate surface area is 218 Å². The van der Waals surface area contributed by atoms with Gasteiger partial charge in [-0.2, -0.15) is 0 Å². The van der Waals surface area contributed by atoms with E-state index in [1.807, 2.05) is 12.1 Å². The molecule has 2 aliphatic heterocycles. The molecule has 6 atom stereocenters. The van der Waals surface area contributed by atoms with Crippen LogP contribution < -0.4 is 14.8 Å². The van der Waals surface area contributed by atoms with Crippen molar-refractivity contribution in [2.24, 2.45) is 0 Å². The molecule has 0 spiro atoms. The predicted molar refractivity (Wildman–Crippen MR) is 129 cm³/mol. The van der Waals surface area contributed by atoms with Crippen LogP contribution in [0.4, 0.5) is 0 Å². The number of hydrogen-bond donors (Lipinski definition) is 2. The number of para-hydroxylation sites is 1. The third-order valence-corrected chi connectivity index (χ3v) is 6.03. The zero-order valence-corrected chi connectivity index (χ0v) is 21.0. The molecule has 2 fully saturated rings. The smallest absolute Gasteiger partial charge is 0.337 e. The second-order valence-electron chi connectivity index (χ2n) is 8.58. The standard InChI is InChI=1S/C26H29NO11/c1-14(28)27-21-23(34-13-20(29)30)22-19(12-35-25(38-22)17-6-4-5-7-18(17)32-2)37-26(21)36-16-10-8-15(9-11-16)24(31)33-3/h4-11,19,21-23,25-26H,12-13H2,1-3H3,(H,27,28)(H,29,30). The number of benzene rings is 2. The van der Waals surface area contributed by atoms with E-state index < -0.39 is 61.4 Å². The second kappa shape index (κ2) is 12.2. The summed E-state index contributed by atoms with van der Waals surface area (Å²) in [4.78, 5) is 35.3. The van der Waals surface area contributed by atoms with Crippen molar-refractivity contribution in [3.63, 3.8) is 0 Å². The van der Waals surface area contributed by atoms with Crippen LogP contribution in [-0.4, -0.2) is 81.0 Å². The summed E-state index contributed by atoms with van der Waals surface area (Å²) in [5.74, 6) is -1.24. The molecule has 12 heteroatoms. The van der Waals surface area contributed by atoms with Crippen molar-refractivity contribution < 1.29 is 52.6 Å². The largest absolute Gasteiger partial charge is 0.496 e. The van der Waals surface area contributed by atoms with E-state index in [-0.39, 0.29) is 6.61 Å². The first-order valence-corrected chi connectivity index (χ1v) is 11.8. The van der Waals surface area contributed by atoms with Gasteiger partial charge in [-0.1, -0.05) is 18.2 Å². The maximum absolute atomic E-state index is 12.1. The molecule has 2 aromatic carbocycles. The quantitative estimate of drug-likeness (QED) is 0.455. The third-order valence-electron chi connectivity index (χ3n) is 6.03. The molecule has 4 rings (SSSR count). The van der Waals surface area contributed by atoms with Crippen LogP contribution in [0.1, 0.15) is 29.1 Å². The van der Waals surface area contributed by atoms with Gasteiger partial charge in [0.05, 0.1) is 26.4 Å². The second-order valence-corrected chi connectivity index (χ2v) is 8.58. The molecule has 0 bridgehead atoms. The van der Waals surface area contributed by atoms with Crippen molar-refractivity contribution in [3.8, 4) is 11.5 Å². The van der Waals surface area contributed by atoms with Gasteiger partial charge in [0.1, 0.15) is 42.5 Å². The van der Waals surface area contributed by atoms with Gasteiger partial charge in [0.25, 0.3) is 0 Å². The SMILES string of the molecule is COC(=O)c1ccc(OC2OC3COC(c4ccccc4OC)OC3C(OCC(=O)O)C2NC(C)=O)cc1. The normalized spacial score (nSPS) is 26.5. The highest BCUT2D eigenvalue weighted by atomic mass is 16.8. The summed E-state index contributed by atoms with van der Waals surface area (Å²) < 4.78 is 40.2. The van der Waals surface area contributed by atoms with Gasteiger partial charge in [-0.15, -0.1) is 0 Å². The van der Waals surface area contributed by atoms with Crippen LogP contribution in [0.25, 0.3) is 0 Å². The van der Waals surface area contributed by atoms with Crippen LogP contribution in [0.15, 0.2) is 48.5 Å². The number of carboxylic acids is 1. The molecule has 0 saturated carbocycles. The zero-order chi connectivity index (χ0) is 27.2. The number of rotatable bonds is 9. The van der Waals surface area contributed by atoms with Crippen LogP contribution in [-0.2, 0) is 33.3 Å². The first-order chi connectivity index (χ1) is 18.3. The Kier molecular flexibility index (Phi) is 8.79. The Morgan fingerprint density at radius 3 is 2.45 bits per heavy atom. The highest BCUT2D eigenvalue weighted by molar-refractivity contribution is 5.89. The van der Waals surface area contributed by atoms with Crippen LogP contribution in [0.2, 0.25) is 0 Å². The zero-order valence-electron chi connectivity index (χ0n) is 21.0. The Bertz CT molecular complexity index is 1140. The minimum Gasteiger partial charge on any atom is -0.496 e. The maximum Gasteiger partial charge on any atom is 0.337 e. The number of carbonyl (C=O) groups is 3. The van der Waals surface area contributed by atoms with Gasteiger partial charge in [-0.05, 0) is 30.3 Å². The number of esters is 1. The number of carboxylic acid groups (broad SMARTS) is 1. The van der Waals surface area contributed by atoms with E-state index in [4.69, 9.17) is 33.2 Å². The molecule has 2 N–H and O–H groups in total. The third kappa shape index (κ3) is 6.22. The molecule has 2 saturated heterocycles. The van der Waals surface area contributed by atoms with E-state index in [2.05, 4.69) is 5.32 Å². The summed E-state index contributed by atoms with van der Waals surface area (Å²) in [5.41, 5.74) is 0.951. The van der Waals surface area contributed by atoms with Gasteiger partial charge in [0.2, 0.25) is 12.2 Å². The summed E-state index contributed by atoms with van der Waals surface area (Å²) in [6.07, 6.45) is -4.47. The Hall–Kier alpha value is -3.71. The van der Waals surface area contributed by atoms with Crippen molar-refractivity contribution in [1.29, 1.82) is 0 Å². The summed E-state index contributed by atoms with van der Waals surface area (Å²) in [6.45, 7) is 0.730. The fraction of sp³-hybridized carbons (Fsp3) is 0.423. The molecule has 0 aromatic heterocycles. The van der Waals surface area contributed by atoms with Gasteiger partial charge in [-0.3, -0.25) is 4.79 Å². The number of carbonyl (C=O) groups excluding carboxylic acids is 2. The lowest BCUT2D eigenvalue weighted by Gasteiger charge is -2.49. The minimum absolute atomic E-state index is 0.0637. The van der Waals surface area contributed by atoms with E-state index >= 15 is 0 Å². The molecule has 2 aromatic rings. The molecule has 12 nitrogen and oxygen atoms in total. The predicted octanol–water partition coefficient (Wildman–Crippen LogP) is 1.67. The summed E-state index contributed by atoms with van der Waals surface area (Å²) >= 11 is 0. The topological polar surface area (TPSA) is 148 Å². The first kappa shape index (κ1) is 27.3. The van der Waals surface area contributed by atoms with Gasteiger partial charge < -0.3 is 43.6 Å². The van der Waals surface area contributed by atoms with E-state index in [0.29, 0.717) is 22.6 Å². The molecule has 0 aliphatic carbocycles. The monoisotopic (exact) mass is 531 g/mol. The molecule has 204 valence electrons. The van der Waals surface area contributed by atoms with Crippen LogP contribution >= 0.6 is 0 Å². The number of hydrogen-bond acceptors (Lipinski definition) is 10. The Balaban J connectivity index is 1.61. The average Bonchev–Trinajstić information content (AvgIpc) is 2.92. The number of ether oxygens (including phenoxy) is 7. The summed E-state index contributed by atoms with van der Waals surface area (Å²) in [5, 5.41) is 12.1. The van der Waals surface area contributed by atoms with Crippen molar-refractivity contribution in [2.75, 3.05) is 27.4 Å². The van der Waals surface area contributed by atoms with Gasteiger partial charge in [-0.25, -0.2) is 9.59 Å². The van der Waals surface area contributed by atoms with Gasteiger partial charge in [0, 0.05) is 12.5 Å². The van der Waals surface area contributed by atoms with E-state index in [0.717, 1.165) is 0 Å². The number of aliphatic carboxylic acids is 1. The summed E-state index contributed by atoms with van der Waals surface area (Å²) in [6, 6.07) is 12.3. The van der Waals surface area contributed by atoms with Crippen molar-refractivity contribution >= 4 is 17.8 Å². The lowest BCUT2D eigenvalue weighted by atomic mass is 9.95. The molecule has 0 radical (unpaired) electrons. The highest BCUT2D eigenvalue weighted by Gasteiger charge is 2.52. The molecule has 38 heavy (non-hydrogen) atoms. The van der Waals surface area contributed by atoms with Crippen LogP contribution in [0.5, 0.6) is 11.5 Å². The van der Waals surface area contributed by atoms with Crippen molar-refractivity contribution in [2.45, 2.75) is 43.9 Å². The van der Waals surface area contributed by atoms with E-state index in [9.17, 15) is 19.5 Å². The van der Waals surface area contributed by atoms with Crippen molar-refractivity contribution in [1.82, 2.24) is 5.32 Å². The fourth-order valence-corrected chi connectivity index (χ4v) is 4.37. The number of fused-ring (bicyclic) bond motifs is 1. The minimum atomic E-state index is -1.20. The molecular formula is C26H29NO11. The lowest BCUT2D eigenvalue weighted by molar-refractivity contribution is -0.338. The maximum atomic E-state index is 12.1. The molecule has 2 aliphatic rings. The van der Waals surface area contributed by atoms with Crippen LogP contribution in [0.3, 0.4) is 0 Å². The fourth-order valence-electron chi connectivity index (χ4n) is 4.37. The molecular weight excluding hydrogens is 502 g/mol. The van der Waals surface area contributed by atoms with E-state index in [1.165, 1.54) is 33.3 Å². The number of amides is 1. The average molecular weight is 532 g/mol.